The van der Waals surface area contributed by atoms with Crippen molar-refractivity contribution in [3.8, 4) is 11.4 Å². The van der Waals surface area contributed by atoms with E-state index in [0.717, 1.165) is 44.2 Å². The van der Waals surface area contributed by atoms with Crippen LogP contribution in [0.2, 0.25) is 0 Å². The number of aromatic nitrogens is 4. The molecule has 0 bridgehead atoms. The van der Waals surface area contributed by atoms with E-state index in [1.54, 1.807) is 12.4 Å². The van der Waals surface area contributed by atoms with Crippen molar-refractivity contribution in [1.29, 1.82) is 0 Å². The second-order valence-corrected chi connectivity index (χ2v) is 5.66. The summed E-state index contributed by atoms with van der Waals surface area (Å²) in [6, 6.07) is 20.1. The van der Waals surface area contributed by atoms with Gasteiger partial charge in [0.1, 0.15) is 0 Å². The van der Waals surface area contributed by atoms with Gasteiger partial charge in [-0.1, -0.05) is 24.3 Å². The average Bonchev–Trinajstić information content (AvgIpc) is 2.67. The summed E-state index contributed by atoms with van der Waals surface area (Å²) in [6.07, 6.45) is 3.55. The zero-order valence-electron chi connectivity index (χ0n) is 12.7. The molecule has 4 aromatic heterocycles. The Kier molecular flexibility index (Phi) is 2.76. The van der Waals surface area contributed by atoms with Gasteiger partial charge in [0.25, 0.3) is 0 Å². The van der Waals surface area contributed by atoms with Crippen molar-refractivity contribution < 1.29 is 0 Å². The molecule has 0 spiro atoms. The SMILES string of the molecule is c1cnc2nc(-c3ccc4ccc5cccnc5c4n3)ccc2c1. The van der Waals surface area contributed by atoms with Gasteiger partial charge in [-0.2, -0.15) is 0 Å². The van der Waals surface area contributed by atoms with Crippen molar-refractivity contribution in [3.63, 3.8) is 0 Å². The lowest BCUT2D eigenvalue weighted by atomic mass is 10.1. The Balaban J connectivity index is 1.77. The molecule has 5 aromatic rings. The van der Waals surface area contributed by atoms with E-state index in [2.05, 4.69) is 33.2 Å². The highest BCUT2D eigenvalue weighted by molar-refractivity contribution is 6.03. The molecule has 0 amide bonds. The van der Waals surface area contributed by atoms with Gasteiger partial charge in [0.2, 0.25) is 0 Å². The molecule has 112 valence electrons. The van der Waals surface area contributed by atoms with Crippen LogP contribution in [0, 0.1) is 0 Å². The Morgan fingerprint density at radius 1 is 0.500 bits per heavy atom. The average molecular weight is 308 g/mol. The van der Waals surface area contributed by atoms with Crippen LogP contribution in [0.15, 0.2) is 73.1 Å². The molecular weight excluding hydrogens is 296 g/mol. The summed E-state index contributed by atoms with van der Waals surface area (Å²) < 4.78 is 0. The lowest BCUT2D eigenvalue weighted by molar-refractivity contribution is 1.26. The van der Waals surface area contributed by atoms with Crippen molar-refractivity contribution in [2.45, 2.75) is 0 Å². The van der Waals surface area contributed by atoms with Gasteiger partial charge in [0.15, 0.2) is 5.65 Å². The standard InChI is InChI=1S/C20H12N4/c1-3-13-5-6-14-7-9-16(23-19(14)18(13)21-11-1)17-10-8-15-4-2-12-22-20(15)24-17/h1-12H. The Labute approximate surface area is 137 Å². The second kappa shape index (κ2) is 5.06. The molecule has 0 fully saturated rings. The third-order valence-corrected chi connectivity index (χ3v) is 4.16. The van der Waals surface area contributed by atoms with Crippen LogP contribution in [0.1, 0.15) is 0 Å². The highest BCUT2D eigenvalue weighted by atomic mass is 14.9. The predicted molar refractivity (Wildman–Crippen MR) is 95.6 cm³/mol. The van der Waals surface area contributed by atoms with E-state index in [1.165, 1.54) is 0 Å². The quantitative estimate of drug-likeness (QED) is 0.431. The third-order valence-electron chi connectivity index (χ3n) is 4.16. The molecule has 0 radical (unpaired) electrons. The van der Waals surface area contributed by atoms with Gasteiger partial charge in [-0.05, 0) is 36.4 Å². The molecular formula is C20H12N4. The maximum Gasteiger partial charge on any atom is 0.159 e. The van der Waals surface area contributed by atoms with Gasteiger partial charge in [0, 0.05) is 28.6 Å². The minimum Gasteiger partial charge on any atom is -0.254 e. The molecule has 0 aliphatic carbocycles. The van der Waals surface area contributed by atoms with Gasteiger partial charge in [-0.3, -0.25) is 4.98 Å². The molecule has 1 aromatic carbocycles. The fourth-order valence-electron chi connectivity index (χ4n) is 2.96. The van der Waals surface area contributed by atoms with Gasteiger partial charge >= 0.3 is 0 Å². The van der Waals surface area contributed by atoms with E-state index in [9.17, 15) is 0 Å². The van der Waals surface area contributed by atoms with Crippen LogP contribution < -0.4 is 0 Å². The van der Waals surface area contributed by atoms with Crippen molar-refractivity contribution in [3.05, 3.63) is 73.1 Å². The number of nitrogens with zero attached hydrogens (tertiary/aromatic N) is 4. The van der Waals surface area contributed by atoms with Gasteiger partial charge in [0.05, 0.1) is 22.4 Å². The van der Waals surface area contributed by atoms with Crippen molar-refractivity contribution in [1.82, 2.24) is 19.9 Å². The van der Waals surface area contributed by atoms with Crippen LogP contribution in [-0.4, -0.2) is 19.9 Å². The number of hydrogen-bond acceptors (Lipinski definition) is 4. The first kappa shape index (κ1) is 13.1. The van der Waals surface area contributed by atoms with E-state index in [-0.39, 0.29) is 0 Å². The highest BCUT2D eigenvalue weighted by Crippen LogP contribution is 2.25. The zero-order chi connectivity index (χ0) is 15.9. The van der Waals surface area contributed by atoms with E-state index in [4.69, 9.17) is 4.98 Å². The molecule has 4 heterocycles. The minimum atomic E-state index is 0.730. The highest BCUT2D eigenvalue weighted by Gasteiger charge is 2.08. The Morgan fingerprint density at radius 2 is 1.12 bits per heavy atom. The molecule has 0 unspecified atom stereocenters. The predicted octanol–water partition coefficient (Wildman–Crippen LogP) is 4.39. The molecule has 24 heavy (non-hydrogen) atoms. The van der Waals surface area contributed by atoms with Gasteiger partial charge < -0.3 is 0 Å². The summed E-state index contributed by atoms with van der Waals surface area (Å²) in [5, 5.41) is 3.18. The molecule has 0 aliphatic rings. The van der Waals surface area contributed by atoms with Crippen LogP contribution in [0.4, 0.5) is 0 Å². The zero-order valence-corrected chi connectivity index (χ0v) is 12.7. The van der Waals surface area contributed by atoms with Crippen LogP contribution in [0.25, 0.3) is 44.2 Å². The molecule has 4 nitrogen and oxygen atoms in total. The summed E-state index contributed by atoms with van der Waals surface area (Å²) in [4.78, 5) is 18.3. The smallest absolute Gasteiger partial charge is 0.159 e. The molecule has 0 saturated heterocycles. The lowest BCUT2D eigenvalue weighted by Gasteiger charge is -2.06. The first-order valence-corrected chi connectivity index (χ1v) is 7.75. The summed E-state index contributed by atoms with van der Waals surface area (Å²) in [6.45, 7) is 0. The van der Waals surface area contributed by atoms with Gasteiger partial charge in [-0.15, -0.1) is 0 Å². The summed E-state index contributed by atoms with van der Waals surface area (Å²) >= 11 is 0. The number of rotatable bonds is 1. The topological polar surface area (TPSA) is 51.6 Å². The number of fused-ring (bicyclic) bond motifs is 4. The Bertz CT molecular complexity index is 1210. The van der Waals surface area contributed by atoms with Crippen LogP contribution >= 0.6 is 0 Å². The number of hydrogen-bond donors (Lipinski definition) is 0. The second-order valence-electron chi connectivity index (χ2n) is 5.66. The largest absolute Gasteiger partial charge is 0.254 e. The molecule has 0 atom stereocenters. The minimum absolute atomic E-state index is 0.730. The van der Waals surface area contributed by atoms with E-state index >= 15 is 0 Å². The molecule has 0 N–H and O–H groups in total. The van der Waals surface area contributed by atoms with Crippen molar-refractivity contribution >= 4 is 32.8 Å². The van der Waals surface area contributed by atoms with Crippen molar-refractivity contribution in [2.24, 2.45) is 0 Å². The van der Waals surface area contributed by atoms with Crippen LogP contribution in [-0.2, 0) is 0 Å². The summed E-state index contributed by atoms with van der Waals surface area (Å²) in [5.41, 5.74) is 4.18. The maximum atomic E-state index is 4.83. The molecule has 0 saturated carbocycles. The first-order valence-electron chi connectivity index (χ1n) is 7.75. The van der Waals surface area contributed by atoms with Crippen LogP contribution in [0.3, 0.4) is 0 Å². The Hall–Kier alpha value is -3.40. The maximum absolute atomic E-state index is 4.83. The first-order chi connectivity index (χ1) is 11.9. The van der Waals surface area contributed by atoms with Crippen molar-refractivity contribution in [2.75, 3.05) is 0 Å². The molecule has 0 aliphatic heterocycles. The van der Waals surface area contributed by atoms with E-state index in [0.29, 0.717) is 0 Å². The van der Waals surface area contributed by atoms with Gasteiger partial charge in [-0.25, -0.2) is 15.0 Å². The third kappa shape index (κ3) is 2.01. The summed E-state index contributed by atoms with van der Waals surface area (Å²) in [7, 11) is 0. The van der Waals surface area contributed by atoms with Crippen LogP contribution in [0.5, 0.6) is 0 Å². The normalized spacial score (nSPS) is 11.3. The molecule has 5 rings (SSSR count). The fraction of sp³-hybridized carbons (Fsp3) is 0. The number of pyridine rings is 4. The fourth-order valence-corrected chi connectivity index (χ4v) is 2.96. The van der Waals surface area contributed by atoms with E-state index < -0.39 is 0 Å². The van der Waals surface area contributed by atoms with E-state index in [1.807, 2.05) is 42.5 Å². The molecule has 4 heteroatoms. The lowest BCUT2D eigenvalue weighted by Crippen LogP contribution is -1.92. The monoisotopic (exact) mass is 308 g/mol. The summed E-state index contributed by atoms with van der Waals surface area (Å²) in [5.74, 6) is 0. The Morgan fingerprint density at radius 3 is 2.00 bits per heavy atom. The number of benzene rings is 1.